The van der Waals surface area contributed by atoms with Gasteiger partial charge in [0.25, 0.3) is 5.91 Å². The number of fused-ring (bicyclic) bond motifs is 1. The van der Waals surface area contributed by atoms with Gasteiger partial charge in [-0.1, -0.05) is 12.1 Å². The van der Waals surface area contributed by atoms with Crippen LogP contribution >= 0.6 is 0 Å². The van der Waals surface area contributed by atoms with Crippen molar-refractivity contribution in [3.63, 3.8) is 0 Å². The molecule has 0 aliphatic carbocycles. The van der Waals surface area contributed by atoms with E-state index in [-0.39, 0.29) is 24.2 Å². The number of hydrazone groups is 1. The van der Waals surface area contributed by atoms with E-state index in [0.717, 1.165) is 11.0 Å². The summed E-state index contributed by atoms with van der Waals surface area (Å²) in [4.78, 5) is 62.7. The number of hydrogen-bond donors (Lipinski definition) is 1. The minimum absolute atomic E-state index is 0.0291. The zero-order valence-corrected chi connectivity index (χ0v) is 13.8. The van der Waals surface area contributed by atoms with Crippen molar-refractivity contribution >= 4 is 40.8 Å². The molecule has 2 saturated heterocycles. The van der Waals surface area contributed by atoms with Gasteiger partial charge in [0.1, 0.15) is 23.5 Å². The zero-order valence-electron chi connectivity index (χ0n) is 13.8. The number of benzene rings is 1. The monoisotopic (exact) mass is 372 g/mol. The average Bonchev–Trinajstić information content (AvgIpc) is 3.28. The highest BCUT2D eigenvalue weighted by atomic mass is 19.1. The van der Waals surface area contributed by atoms with E-state index in [1.54, 1.807) is 0 Å². The van der Waals surface area contributed by atoms with Crippen molar-refractivity contribution in [3.8, 4) is 0 Å². The number of ketones is 1. The highest BCUT2D eigenvalue weighted by molar-refractivity contribution is 6.49. The number of anilines is 1. The predicted octanol–water partition coefficient (Wildman–Crippen LogP) is -0.639. The molecule has 0 bridgehead atoms. The molecule has 0 aromatic heterocycles. The molecular weight excluding hydrogens is 359 g/mol. The number of likely N-dealkylation sites (tertiary alicyclic amines) is 1. The van der Waals surface area contributed by atoms with Gasteiger partial charge in [-0.05, 0) is 12.1 Å². The molecule has 9 nitrogen and oxygen atoms in total. The van der Waals surface area contributed by atoms with E-state index >= 15 is 0 Å². The molecule has 3 aliphatic rings. The normalized spacial score (nSPS) is 24.4. The van der Waals surface area contributed by atoms with Crippen LogP contribution in [0.3, 0.4) is 0 Å². The first-order valence-corrected chi connectivity index (χ1v) is 8.22. The molecule has 10 heteroatoms. The molecular formula is C17H13FN4O5. The van der Waals surface area contributed by atoms with Crippen LogP contribution < -0.4 is 10.3 Å². The van der Waals surface area contributed by atoms with Crippen molar-refractivity contribution in [3.05, 3.63) is 30.1 Å². The number of Topliss-reactive ketones (excluding diaryl/α,β-unsaturated/α-hetero) is 1. The fourth-order valence-corrected chi connectivity index (χ4v) is 3.42. The first-order chi connectivity index (χ1) is 12.9. The summed E-state index contributed by atoms with van der Waals surface area (Å²) in [5.74, 6) is -5.15. The van der Waals surface area contributed by atoms with Crippen LogP contribution in [0, 0.1) is 11.7 Å². The van der Waals surface area contributed by atoms with E-state index in [4.69, 9.17) is 0 Å². The van der Waals surface area contributed by atoms with Crippen LogP contribution in [0.4, 0.5) is 10.1 Å². The number of nitrogens with one attached hydrogen (secondary N) is 1. The van der Waals surface area contributed by atoms with E-state index in [2.05, 4.69) is 10.5 Å². The number of para-hydroxylation sites is 1. The largest absolute Gasteiger partial charge is 0.296 e. The summed E-state index contributed by atoms with van der Waals surface area (Å²) in [5.41, 5.74) is 1.99. The molecule has 4 amide bonds. The Morgan fingerprint density at radius 2 is 1.78 bits per heavy atom. The Labute approximate surface area is 151 Å². The zero-order chi connectivity index (χ0) is 19.3. The molecule has 1 aromatic rings. The van der Waals surface area contributed by atoms with Gasteiger partial charge in [-0.2, -0.15) is 5.10 Å². The Kier molecular flexibility index (Phi) is 3.83. The number of rotatable bonds is 4. The molecule has 3 aliphatic heterocycles. The van der Waals surface area contributed by atoms with E-state index in [1.165, 1.54) is 18.2 Å². The van der Waals surface area contributed by atoms with Crippen LogP contribution in [-0.4, -0.2) is 52.6 Å². The molecule has 1 N–H and O–H groups in total. The average molecular weight is 372 g/mol. The van der Waals surface area contributed by atoms with Gasteiger partial charge in [0.05, 0.1) is 12.2 Å². The summed E-state index contributed by atoms with van der Waals surface area (Å²) in [6, 6.07) is 4.17. The third-order valence-electron chi connectivity index (χ3n) is 4.76. The third-order valence-corrected chi connectivity index (χ3v) is 4.76. The molecule has 0 saturated carbocycles. The second-order valence-electron chi connectivity index (χ2n) is 6.34. The fourth-order valence-electron chi connectivity index (χ4n) is 3.42. The second kappa shape index (κ2) is 6.08. The molecule has 138 valence electrons. The highest BCUT2D eigenvalue weighted by Gasteiger charge is 2.55. The maximum Gasteiger partial charge on any atom is 0.259 e. The standard InChI is InChI=1S/C17H13FN4O5/c18-8-3-1-2-4-9(8)22-16(26)13-14(19-20-15(13)17(22)27)10(23)7-21-11(24)5-6-12(21)25/h1-4,13,15,20H,5-7H2. The summed E-state index contributed by atoms with van der Waals surface area (Å²) >= 11 is 0. The van der Waals surface area contributed by atoms with Gasteiger partial charge in [0.2, 0.25) is 17.7 Å². The second-order valence-corrected chi connectivity index (χ2v) is 6.34. The molecule has 2 unspecified atom stereocenters. The molecule has 2 atom stereocenters. The van der Waals surface area contributed by atoms with Gasteiger partial charge in [0.15, 0.2) is 5.78 Å². The van der Waals surface area contributed by atoms with Gasteiger partial charge in [-0.25, -0.2) is 9.29 Å². The summed E-state index contributed by atoms with van der Waals surface area (Å²) in [6.45, 7) is -0.539. The van der Waals surface area contributed by atoms with Crippen LogP contribution in [0.1, 0.15) is 12.8 Å². The highest BCUT2D eigenvalue weighted by Crippen LogP contribution is 2.32. The first kappa shape index (κ1) is 17.0. The van der Waals surface area contributed by atoms with Gasteiger partial charge in [-0.15, -0.1) is 0 Å². The number of nitrogens with zero attached hydrogens (tertiary/aromatic N) is 3. The van der Waals surface area contributed by atoms with Crippen molar-refractivity contribution in [1.82, 2.24) is 10.3 Å². The molecule has 0 radical (unpaired) electrons. The van der Waals surface area contributed by atoms with Crippen LogP contribution in [0.2, 0.25) is 0 Å². The summed E-state index contributed by atoms with van der Waals surface area (Å²) in [6.07, 6.45) is 0.0583. The SMILES string of the molecule is O=C(CN1C(=O)CCC1=O)C1=NNC2C(=O)N(c3ccccc3F)C(=O)C12. The van der Waals surface area contributed by atoms with E-state index in [9.17, 15) is 28.4 Å². The lowest BCUT2D eigenvalue weighted by Crippen LogP contribution is -2.41. The van der Waals surface area contributed by atoms with Crippen LogP contribution in [-0.2, 0) is 24.0 Å². The lowest BCUT2D eigenvalue weighted by atomic mass is 9.95. The smallest absolute Gasteiger partial charge is 0.259 e. The van der Waals surface area contributed by atoms with Crippen LogP contribution in [0.5, 0.6) is 0 Å². The van der Waals surface area contributed by atoms with Gasteiger partial charge < -0.3 is 0 Å². The molecule has 1 aromatic carbocycles. The molecule has 0 spiro atoms. The maximum absolute atomic E-state index is 14.0. The fraction of sp³-hybridized carbons (Fsp3) is 0.294. The number of imide groups is 2. The van der Waals surface area contributed by atoms with E-state index < -0.39 is 53.7 Å². The minimum atomic E-state index is -1.22. The Morgan fingerprint density at radius 1 is 1.11 bits per heavy atom. The van der Waals surface area contributed by atoms with Crippen molar-refractivity contribution in [1.29, 1.82) is 0 Å². The Morgan fingerprint density at radius 3 is 2.44 bits per heavy atom. The number of halogens is 1. The van der Waals surface area contributed by atoms with Crippen LogP contribution in [0.15, 0.2) is 29.4 Å². The molecule has 4 rings (SSSR count). The van der Waals surface area contributed by atoms with Gasteiger partial charge in [0, 0.05) is 12.8 Å². The third kappa shape index (κ3) is 2.52. The van der Waals surface area contributed by atoms with Gasteiger partial charge >= 0.3 is 0 Å². The first-order valence-electron chi connectivity index (χ1n) is 8.22. The number of carbonyl (C=O) groups is 5. The van der Waals surface area contributed by atoms with E-state index in [1.807, 2.05) is 0 Å². The lowest BCUT2D eigenvalue weighted by Gasteiger charge is -2.17. The quantitative estimate of drug-likeness (QED) is 0.703. The molecule has 3 heterocycles. The number of carbonyl (C=O) groups excluding carboxylic acids is 5. The minimum Gasteiger partial charge on any atom is -0.296 e. The van der Waals surface area contributed by atoms with Crippen molar-refractivity contribution in [2.24, 2.45) is 11.0 Å². The molecule has 2 fully saturated rings. The van der Waals surface area contributed by atoms with Crippen molar-refractivity contribution in [2.45, 2.75) is 18.9 Å². The maximum atomic E-state index is 14.0. The Bertz CT molecular complexity index is 927. The number of amides is 4. The Hall–Kier alpha value is -3.43. The van der Waals surface area contributed by atoms with E-state index in [0.29, 0.717) is 4.90 Å². The van der Waals surface area contributed by atoms with Gasteiger partial charge in [-0.3, -0.25) is 34.3 Å². The number of hydrogen-bond acceptors (Lipinski definition) is 7. The topological polar surface area (TPSA) is 116 Å². The van der Waals surface area contributed by atoms with Crippen molar-refractivity contribution in [2.75, 3.05) is 11.4 Å². The van der Waals surface area contributed by atoms with Crippen molar-refractivity contribution < 1.29 is 28.4 Å². The summed E-state index contributed by atoms with van der Waals surface area (Å²) in [5, 5.41) is 3.77. The lowest BCUT2D eigenvalue weighted by molar-refractivity contribution is -0.140. The summed E-state index contributed by atoms with van der Waals surface area (Å²) in [7, 11) is 0. The molecule has 27 heavy (non-hydrogen) atoms. The Balaban J connectivity index is 1.59. The van der Waals surface area contributed by atoms with Crippen LogP contribution in [0.25, 0.3) is 0 Å². The summed E-state index contributed by atoms with van der Waals surface area (Å²) < 4.78 is 14.0. The predicted molar refractivity (Wildman–Crippen MR) is 87.7 cm³/mol.